The fourth-order valence-electron chi connectivity index (χ4n) is 7.98. The summed E-state index contributed by atoms with van der Waals surface area (Å²) in [5.41, 5.74) is 0. The van der Waals surface area contributed by atoms with Crippen LogP contribution < -0.4 is 10.2 Å². The standard InChI is InChI=1S/C62H111N2O6P/c1-6-8-10-12-14-16-18-20-22-24-26-28-29-30-31-32-33-34-35-36-38-40-42-44-46-48-50-52-54-56-62(66)63-60(59-70-71(67,68)69-58-57-64(3,4)5)61(65)55-53-51-49-47-45-43-41-39-37-27-25-23-21-19-17-15-13-11-9-7-2/h8,10,14,16,20,22,26,28,30-31,37,39,45,47,53,55,60-61,65H,6-7,9,11-13,15,17-19,21,23-25,27,29,32-36,38,40-44,46,48-52,54,56-59H2,1-5H3,(H-,63,66,67,68)/b10-8-,16-14-,22-20-,28-26-,31-30-,39-37+,47-45+,55-53+. The molecule has 0 saturated carbocycles. The first kappa shape index (κ1) is 68.4. The van der Waals surface area contributed by atoms with Crippen molar-refractivity contribution in [2.24, 2.45) is 0 Å². The smallest absolute Gasteiger partial charge is 0.268 e. The second-order valence-electron chi connectivity index (χ2n) is 20.6. The Kier molecular flexibility index (Phi) is 50.4. The molecule has 9 heteroatoms. The van der Waals surface area contributed by atoms with Crippen molar-refractivity contribution < 1.29 is 32.9 Å². The Hall–Kier alpha value is -2.58. The lowest BCUT2D eigenvalue weighted by atomic mass is 10.0. The third-order valence-electron chi connectivity index (χ3n) is 12.5. The Morgan fingerprint density at radius 1 is 0.507 bits per heavy atom. The number of nitrogens with one attached hydrogen (secondary N) is 1. The van der Waals surface area contributed by atoms with Crippen LogP contribution in [0.25, 0.3) is 0 Å². The first-order valence-electron chi connectivity index (χ1n) is 29.1. The molecule has 0 spiro atoms. The molecule has 0 rings (SSSR count). The molecule has 1 amide bonds. The third-order valence-corrected chi connectivity index (χ3v) is 13.5. The molecule has 3 unspecified atom stereocenters. The average Bonchev–Trinajstić information content (AvgIpc) is 3.33. The van der Waals surface area contributed by atoms with Crippen molar-refractivity contribution in [3.05, 3.63) is 97.2 Å². The van der Waals surface area contributed by atoms with E-state index in [-0.39, 0.29) is 12.5 Å². The summed E-state index contributed by atoms with van der Waals surface area (Å²) in [6.07, 6.45) is 74.8. The molecular formula is C62H111N2O6P. The van der Waals surface area contributed by atoms with Gasteiger partial charge in [0.05, 0.1) is 39.9 Å². The molecule has 0 aromatic rings. The van der Waals surface area contributed by atoms with Gasteiger partial charge in [0.15, 0.2) is 0 Å². The largest absolute Gasteiger partial charge is 0.756 e. The molecular weight excluding hydrogens is 900 g/mol. The van der Waals surface area contributed by atoms with Gasteiger partial charge in [-0.3, -0.25) is 9.36 Å². The van der Waals surface area contributed by atoms with E-state index in [1.54, 1.807) is 6.08 Å². The summed E-state index contributed by atoms with van der Waals surface area (Å²) in [5.74, 6) is -0.215. The molecule has 0 aromatic heterocycles. The van der Waals surface area contributed by atoms with Gasteiger partial charge < -0.3 is 28.8 Å². The second-order valence-corrected chi connectivity index (χ2v) is 22.0. The van der Waals surface area contributed by atoms with Crippen LogP contribution in [0.4, 0.5) is 0 Å². The summed E-state index contributed by atoms with van der Waals surface area (Å²) in [7, 11) is 1.23. The number of nitrogens with zero attached hydrogens (tertiary/aromatic N) is 1. The van der Waals surface area contributed by atoms with Crippen LogP contribution in [0.3, 0.4) is 0 Å². The summed E-state index contributed by atoms with van der Waals surface area (Å²) in [5, 5.41) is 13.9. The Labute approximate surface area is 439 Å². The minimum atomic E-state index is -4.61. The maximum atomic E-state index is 13.0. The second kappa shape index (κ2) is 52.3. The highest BCUT2D eigenvalue weighted by Crippen LogP contribution is 2.38. The van der Waals surface area contributed by atoms with Crippen molar-refractivity contribution in [3.63, 3.8) is 0 Å². The number of unbranched alkanes of at least 4 members (excludes halogenated alkanes) is 25. The summed E-state index contributed by atoms with van der Waals surface area (Å²) in [6.45, 7) is 4.51. The van der Waals surface area contributed by atoms with Gasteiger partial charge in [-0.2, -0.15) is 0 Å². The van der Waals surface area contributed by atoms with Gasteiger partial charge in [-0.1, -0.05) is 239 Å². The molecule has 0 saturated heterocycles. The van der Waals surface area contributed by atoms with E-state index in [1.165, 1.54) is 141 Å². The highest BCUT2D eigenvalue weighted by molar-refractivity contribution is 7.45. The fourth-order valence-corrected chi connectivity index (χ4v) is 8.70. The molecule has 8 nitrogen and oxygen atoms in total. The van der Waals surface area contributed by atoms with Crippen LogP contribution in [-0.2, 0) is 18.4 Å². The van der Waals surface area contributed by atoms with Gasteiger partial charge in [0.25, 0.3) is 7.82 Å². The van der Waals surface area contributed by atoms with E-state index in [2.05, 4.69) is 104 Å². The normalized spacial score (nSPS) is 14.6. The maximum Gasteiger partial charge on any atom is 0.268 e. The number of hydrogen-bond acceptors (Lipinski definition) is 6. The van der Waals surface area contributed by atoms with E-state index in [0.29, 0.717) is 17.4 Å². The number of allylic oxidation sites excluding steroid dienone is 15. The van der Waals surface area contributed by atoms with Crippen LogP contribution in [0.5, 0.6) is 0 Å². The topological polar surface area (TPSA) is 108 Å². The van der Waals surface area contributed by atoms with E-state index in [9.17, 15) is 19.4 Å². The highest BCUT2D eigenvalue weighted by atomic mass is 31.2. The Bertz CT molecular complexity index is 1470. The molecule has 0 bridgehead atoms. The number of phosphoric acid groups is 1. The van der Waals surface area contributed by atoms with Crippen LogP contribution >= 0.6 is 7.82 Å². The summed E-state index contributed by atoms with van der Waals surface area (Å²) in [6, 6.07) is -0.916. The number of aliphatic hydroxyl groups excluding tert-OH is 1. The SMILES string of the molecule is CC/C=C\C/C=C\C/C=C\C/C=C\C/C=C\CCCCCCCCCCCCCCCC(=O)NC(COP(=O)([O-])OCC[N+](C)(C)C)C(O)/C=C/CC/C=C/CC/C=C/CCCCCCCCCCCC. The van der Waals surface area contributed by atoms with Crippen LogP contribution in [0.15, 0.2) is 97.2 Å². The summed E-state index contributed by atoms with van der Waals surface area (Å²) >= 11 is 0. The molecule has 410 valence electrons. The fraction of sp³-hybridized carbons (Fsp3) is 0.726. The average molecular weight is 1010 g/mol. The minimum Gasteiger partial charge on any atom is -0.756 e. The van der Waals surface area contributed by atoms with E-state index >= 15 is 0 Å². The van der Waals surface area contributed by atoms with Crippen molar-refractivity contribution >= 4 is 13.7 Å². The van der Waals surface area contributed by atoms with Crippen molar-refractivity contribution in [1.29, 1.82) is 0 Å². The zero-order valence-corrected chi connectivity index (χ0v) is 47.5. The van der Waals surface area contributed by atoms with Crippen molar-refractivity contribution in [2.75, 3.05) is 40.9 Å². The quantitative estimate of drug-likeness (QED) is 0.0272. The van der Waals surface area contributed by atoms with Gasteiger partial charge in [-0.15, -0.1) is 0 Å². The Morgan fingerprint density at radius 3 is 1.31 bits per heavy atom. The molecule has 3 atom stereocenters. The van der Waals surface area contributed by atoms with Crippen LogP contribution in [0.1, 0.15) is 239 Å². The first-order valence-corrected chi connectivity index (χ1v) is 30.6. The van der Waals surface area contributed by atoms with Gasteiger partial charge in [-0.25, -0.2) is 0 Å². The van der Waals surface area contributed by atoms with Crippen molar-refractivity contribution in [3.8, 4) is 0 Å². The third kappa shape index (κ3) is 55.0. The number of amides is 1. The summed E-state index contributed by atoms with van der Waals surface area (Å²) in [4.78, 5) is 25.5. The molecule has 0 aliphatic carbocycles. The van der Waals surface area contributed by atoms with Crippen molar-refractivity contribution in [1.82, 2.24) is 5.32 Å². The summed E-state index contributed by atoms with van der Waals surface area (Å²) < 4.78 is 23.3. The number of phosphoric ester groups is 1. The zero-order valence-electron chi connectivity index (χ0n) is 46.6. The number of quaternary nitrogens is 1. The molecule has 0 aliphatic rings. The minimum absolute atomic E-state index is 0.0130. The van der Waals surface area contributed by atoms with E-state index in [1.807, 2.05) is 27.2 Å². The predicted octanol–water partition coefficient (Wildman–Crippen LogP) is 17.2. The molecule has 71 heavy (non-hydrogen) atoms. The van der Waals surface area contributed by atoms with E-state index in [0.717, 1.165) is 77.0 Å². The lowest BCUT2D eigenvalue weighted by molar-refractivity contribution is -0.870. The predicted molar refractivity (Wildman–Crippen MR) is 306 cm³/mol. The van der Waals surface area contributed by atoms with E-state index in [4.69, 9.17) is 9.05 Å². The highest BCUT2D eigenvalue weighted by Gasteiger charge is 2.23. The van der Waals surface area contributed by atoms with Crippen LogP contribution in [-0.4, -0.2) is 68.5 Å². The molecule has 0 aliphatic heterocycles. The van der Waals surface area contributed by atoms with Gasteiger partial charge in [0, 0.05) is 6.42 Å². The van der Waals surface area contributed by atoms with Gasteiger partial charge >= 0.3 is 0 Å². The molecule has 0 heterocycles. The van der Waals surface area contributed by atoms with Crippen LogP contribution in [0, 0.1) is 0 Å². The molecule has 0 fully saturated rings. The lowest BCUT2D eigenvalue weighted by Gasteiger charge is -2.29. The maximum absolute atomic E-state index is 13.0. The van der Waals surface area contributed by atoms with Gasteiger partial charge in [-0.05, 0) is 89.9 Å². The molecule has 0 radical (unpaired) electrons. The van der Waals surface area contributed by atoms with Gasteiger partial charge in [0.2, 0.25) is 5.91 Å². The van der Waals surface area contributed by atoms with Crippen molar-refractivity contribution in [2.45, 2.75) is 251 Å². The Morgan fingerprint density at radius 2 is 0.873 bits per heavy atom. The Balaban J connectivity index is 4.25. The van der Waals surface area contributed by atoms with E-state index < -0.39 is 26.6 Å². The van der Waals surface area contributed by atoms with Crippen LogP contribution in [0.2, 0.25) is 0 Å². The number of aliphatic hydroxyl groups is 1. The first-order chi connectivity index (χ1) is 34.5. The number of carbonyl (C=O) groups is 1. The number of carbonyl (C=O) groups excluding carboxylic acids is 1. The molecule has 2 N–H and O–H groups in total. The number of rotatable bonds is 52. The van der Waals surface area contributed by atoms with Gasteiger partial charge in [0.1, 0.15) is 13.2 Å². The number of likely N-dealkylation sites (N-methyl/N-ethyl adjacent to an activating group) is 1. The molecule has 0 aromatic carbocycles. The monoisotopic (exact) mass is 1010 g/mol. The lowest BCUT2D eigenvalue weighted by Crippen LogP contribution is -2.45. The zero-order chi connectivity index (χ0) is 52.0. The number of hydrogen-bond donors (Lipinski definition) is 2.